The fraction of sp³-hybridized carbons (Fsp3) is 0.304. The number of anilines is 1. The summed E-state index contributed by atoms with van der Waals surface area (Å²) in [5.41, 5.74) is 2.29. The van der Waals surface area contributed by atoms with Crippen molar-refractivity contribution in [1.29, 1.82) is 0 Å². The van der Waals surface area contributed by atoms with Gasteiger partial charge in [0.1, 0.15) is 18.5 Å². The molecule has 1 atom stereocenters. The lowest BCUT2D eigenvalue weighted by molar-refractivity contribution is -0.114. The van der Waals surface area contributed by atoms with Crippen molar-refractivity contribution in [1.82, 2.24) is 0 Å². The molecule has 7 nitrogen and oxygen atoms in total. The summed E-state index contributed by atoms with van der Waals surface area (Å²) in [6, 6.07) is 12.8. The van der Waals surface area contributed by atoms with E-state index >= 15 is 0 Å². The molecule has 2 aromatic carbocycles. The molecule has 0 spiro atoms. The first kappa shape index (κ1) is 22.8. The van der Waals surface area contributed by atoms with Gasteiger partial charge in [0, 0.05) is 6.54 Å². The molecule has 1 unspecified atom stereocenters. The summed E-state index contributed by atoms with van der Waals surface area (Å²) >= 11 is 6.26. The smallest absolute Gasteiger partial charge is 0.305 e. The Labute approximate surface area is 186 Å². The number of amides is 1. The maximum absolute atomic E-state index is 13.1. The molecule has 164 valence electrons. The van der Waals surface area contributed by atoms with Crippen molar-refractivity contribution in [2.75, 3.05) is 24.7 Å². The molecule has 8 heteroatoms. The van der Waals surface area contributed by atoms with E-state index in [0.717, 1.165) is 17.7 Å². The minimum absolute atomic E-state index is 0.0824. The first-order chi connectivity index (χ1) is 14.9. The zero-order valence-electron chi connectivity index (χ0n) is 17.4. The molecule has 1 aliphatic heterocycles. The van der Waals surface area contributed by atoms with Crippen molar-refractivity contribution in [3.05, 3.63) is 64.4 Å². The highest BCUT2D eigenvalue weighted by Gasteiger charge is 2.36. The number of nitrogens with zero attached hydrogens (tertiary/aromatic N) is 2. The lowest BCUT2D eigenvalue weighted by atomic mass is 10.1. The maximum Gasteiger partial charge on any atom is 0.305 e. The zero-order valence-corrected chi connectivity index (χ0v) is 18.2. The minimum atomic E-state index is -0.990. The molecule has 2 N–H and O–H groups in total. The lowest BCUT2D eigenvalue weighted by Gasteiger charge is -2.15. The van der Waals surface area contributed by atoms with Gasteiger partial charge in [-0.25, -0.2) is 9.89 Å². The van der Waals surface area contributed by atoms with Gasteiger partial charge in [-0.15, -0.1) is 0 Å². The number of hydrogen-bond acceptors (Lipinski definition) is 6. The minimum Gasteiger partial charge on any atom is -0.489 e. The van der Waals surface area contributed by atoms with E-state index in [1.807, 2.05) is 38.1 Å². The molecule has 0 aliphatic carbocycles. The van der Waals surface area contributed by atoms with Gasteiger partial charge in [-0.3, -0.25) is 4.79 Å². The number of halogens is 1. The van der Waals surface area contributed by atoms with Crippen LogP contribution in [0.1, 0.15) is 24.5 Å². The van der Waals surface area contributed by atoms with Gasteiger partial charge in [0.2, 0.25) is 0 Å². The number of aliphatic hydroxyl groups excluding tert-OH is 2. The predicted molar refractivity (Wildman–Crippen MR) is 120 cm³/mol. The van der Waals surface area contributed by atoms with Crippen LogP contribution in [0.4, 0.5) is 5.69 Å². The Morgan fingerprint density at radius 2 is 2.06 bits per heavy atom. The van der Waals surface area contributed by atoms with Crippen molar-refractivity contribution < 1.29 is 24.5 Å². The number of benzene rings is 2. The highest BCUT2D eigenvalue weighted by molar-refractivity contribution is 6.32. The van der Waals surface area contributed by atoms with Crippen molar-refractivity contribution in [3.63, 3.8) is 0 Å². The Bertz CT molecular complexity index is 1010. The third-order valence-electron chi connectivity index (χ3n) is 4.53. The Morgan fingerprint density at radius 3 is 2.74 bits per heavy atom. The van der Waals surface area contributed by atoms with Gasteiger partial charge in [0.25, 0.3) is 0 Å². The van der Waals surface area contributed by atoms with Crippen molar-refractivity contribution in [2.24, 2.45) is 4.99 Å². The van der Waals surface area contributed by atoms with Crippen molar-refractivity contribution in [2.45, 2.75) is 26.4 Å². The second-order valence-corrected chi connectivity index (χ2v) is 7.45. The molecule has 3 rings (SSSR count). The van der Waals surface area contributed by atoms with Crippen LogP contribution < -0.4 is 9.64 Å². The monoisotopic (exact) mass is 444 g/mol. The molecule has 0 bridgehead atoms. The number of para-hydroxylation sites is 1. The van der Waals surface area contributed by atoms with Crippen LogP contribution in [0.3, 0.4) is 0 Å². The molecular formula is C23H25ClN2O5. The van der Waals surface area contributed by atoms with Gasteiger partial charge in [-0.1, -0.05) is 42.8 Å². The molecule has 1 saturated heterocycles. The number of rotatable bonds is 8. The molecule has 1 amide bonds. The highest BCUT2D eigenvalue weighted by atomic mass is 35.5. The molecule has 0 radical (unpaired) electrons. The van der Waals surface area contributed by atoms with Crippen LogP contribution in [0.5, 0.6) is 5.75 Å². The van der Waals surface area contributed by atoms with Crippen LogP contribution in [-0.2, 0) is 9.53 Å². The lowest BCUT2D eigenvalue weighted by Crippen LogP contribution is -2.30. The number of hydrogen-bond donors (Lipinski definition) is 2. The highest BCUT2D eigenvalue weighted by Crippen LogP contribution is 2.31. The van der Waals surface area contributed by atoms with Crippen LogP contribution in [0.15, 0.2) is 53.2 Å². The Morgan fingerprint density at radius 1 is 1.29 bits per heavy atom. The first-order valence-electron chi connectivity index (χ1n) is 10.00. The number of aryl methyl sites for hydroxylation is 1. The van der Waals surface area contributed by atoms with Gasteiger partial charge >= 0.3 is 11.9 Å². The molecule has 0 saturated carbocycles. The van der Waals surface area contributed by atoms with E-state index < -0.39 is 12.7 Å². The normalized spacial score (nSPS) is 17.3. The number of aliphatic imine (C=N–C) groups is 1. The van der Waals surface area contributed by atoms with Crippen molar-refractivity contribution in [3.8, 4) is 5.75 Å². The average Bonchev–Trinajstić information content (AvgIpc) is 3.06. The van der Waals surface area contributed by atoms with E-state index in [4.69, 9.17) is 26.2 Å². The van der Waals surface area contributed by atoms with E-state index in [-0.39, 0.29) is 24.3 Å². The molecule has 1 heterocycles. The van der Waals surface area contributed by atoms with E-state index in [9.17, 15) is 9.90 Å². The van der Waals surface area contributed by atoms with Crippen LogP contribution in [0, 0.1) is 6.92 Å². The van der Waals surface area contributed by atoms with Gasteiger partial charge < -0.3 is 19.7 Å². The summed E-state index contributed by atoms with van der Waals surface area (Å²) in [5.74, 6) is 0.187. The van der Waals surface area contributed by atoms with Crippen LogP contribution in [0.2, 0.25) is 5.02 Å². The standard InChI is InChI=1S/C23H25ClN2O5/c1-3-10-25-23-26(19-7-5-4-6-15(19)2)22(29)21(31-23)12-16-8-9-20(18(24)11-16)30-14-17(28)13-27/h4-9,11-12,17,27-28H,3,10,13-14H2,1-2H3/b21-12+,25-23+. The first-order valence-corrected chi connectivity index (χ1v) is 10.4. The second kappa shape index (κ2) is 10.4. The number of amidine groups is 1. The van der Waals surface area contributed by atoms with E-state index in [2.05, 4.69) is 4.99 Å². The quantitative estimate of drug-likeness (QED) is 0.607. The number of aliphatic hydroxyl groups is 2. The summed E-state index contributed by atoms with van der Waals surface area (Å²) in [6.45, 7) is 3.98. The van der Waals surface area contributed by atoms with E-state index in [1.165, 1.54) is 4.90 Å². The number of carbonyl (C=O) groups excluding carboxylic acids is 1. The van der Waals surface area contributed by atoms with Gasteiger partial charge in [-0.05, 0) is 48.7 Å². The summed E-state index contributed by atoms with van der Waals surface area (Å²) in [7, 11) is 0. The predicted octanol–water partition coefficient (Wildman–Crippen LogP) is 3.55. The fourth-order valence-corrected chi connectivity index (χ4v) is 3.17. The molecule has 31 heavy (non-hydrogen) atoms. The SMILES string of the molecule is CCC/N=C1/O/C(=C/c2ccc(OCC(O)CO)c(Cl)c2)C(=O)N1c1ccccc1C. The third-order valence-corrected chi connectivity index (χ3v) is 4.82. The van der Waals surface area contributed by atoms with Crippen LogP contribution in [-0.4, -0.2) is 48.0 Å². The third kappa shape index (κ3) is 5.44. The van der Waals surface area contributed by atoms with Crippen molar-refractivity contribution >= 4 is 35.3 Å². The molecule has 1 aliphatic rings. The Hall–Kier alpha value is -2.87. The van der Waals surface area contributed by atoms with Crippen LogP contribution in [0.25, 0.3) is 6.08 Å². The van der Waals surface area contributed by atoms with Gasteiger partial charge in [-0.2, -0.15) is 0 Å². The summed E-state index contributed by atoms with van der Waals surface area (Å²) in [5, 5.41) is 18.6. The summed E-state index contributed by atoms with van der Waals surface area (Å²) < 4.78 is 11.2. The molecule has 2 aromatic rings. The zero-order chi connectivity index (χ0) is 22.4. The average molecular weight is 445 g/mol. The van der Waals surface area contributed by atoms with Gasteiger partial charge in [0.15, 0.2) is 5.76 Å². The fourth-order valence-electron chi connectivity index (χ4n) is 2.93. The Kier molecular flexibility index (Phi) is 7.68. The second-order valence-electron chi connectivity index (χ2n) is 7.04. The Balaban J connectivity index is 1.88. The number of carbonyl (C=O) groups is 1. The molecule has 1 fully saturated rings. The topological polar surface area (TPSA) is 91.6 Å². The summed E-state index contributed by atoms with van der Waals surface area (Å²) in [6.07, 6.45) is 1.43. The molecular weight excluding hydrogens is 420 g/mol. The van der Waals surface area contributed by atoms with Crippen LogP contribution >= 0.6 is 11.6 Å². The molecule has 0 aromatic heterocycles. The summed E-state index contributed by atoms with van der Waals surface area (Å²) in [4.78, 5) is 19.1. The van der Waals surface area contributed by atoms with E-state index in [0.29, 0.717) is 22.9 Å². The largest absolute Gasteiger partial charge is 0.489 e. The van der Waals surface area contributed by atoms with Gasteiger partial charge in [0.05, 0.1) is 17.3 Å². The van der Waals surface area contributed by atoms with E-state index in [1.54, 1.807) is 24.3 Å². The maximum atomic E-state index is 13.1. The number of ether oxygens (including phenoxy) is 2.